The van der Waals surface area contributed by atoms with E-state index in [9.17, 15) is 19.5 Å². The van der Waals surface area contributed by atoms with E-state index in [1.807, 2.05) is 58.2 Å². The summed E-state index contributed by atoms with van der Waals surface area (Å²) >= 11 is 6.46. The number of aliphatic hydroxyl groups is 1. The lowest BCUT2D eigenvalue weighted by Crippen LogP contribution is -2.48. The highest BCUT2D eigenvalue weighted by molar-refractivity contribution is 6.31. The van der Waals surface area contributed by atoms with Gasteiger partial charge in [-0.15, -0.1) is 0 Å². The highest BCUT2D eigenvalue weighted by Gasteiger charge is 2.26. The van der Waals surface area contributed by atoms with Gasteiger partial charge in [-0.1, -0.05) is 43.2 Å². The number of morpholine rings is 1. The Bertz CT molecular complexity index is 1110. The van der Waals surface area contributed by atoms with Crippen molar-refractivity contribution in [1.29, 1.82) is 0 Å². The third kappa shape index (κ3) is 11.1. The van der Waals surface area contributed by atoms with Gasteiger partial charge in [0.05, 0.1) is 19.3 Å². The number of aldehydes is 2. The van der Waals surface area contributed by atoms with Gasteiger partial charge < -0.3 is 38.9 Å². The molecule has 0 aromatic heterocycles. The lowest BCUT2D eigenvalue weighted by molar-refractivity contribution is -0.111. The number of nitrogens with zero attached hydrogens (tertiary/aromatic N) is 3. The zero-order valence-corrected chi connectivity index (χ0v) is 26.7. The Morgan fingerprint density at radius 1 is 1.05 bits per heavy atom. The molecule has 2 heterocycles. The summed E-state index contributed by atoms with van der Waals surface area (Å²) < 4.78 is 11.5. The predicted molar refractivity (Wildman–Crippen MR) is 170 cm³/mol. The van der Waals surface area contributed by atoms with Crippen LogP contribution in [-0.4, -0.2) is 105 Å². The minimum absolute atomic E-state index is 0.0819. The number of hydrogen-bond acceptors (Lipinski definition) is 8. The summed E-state index contributed by atoms with van der Waals surface area (Å²) in [5.74, 6) is -0.650. The average molecular weight is 618 g/mol. The van der Waals surface area contributed by atoms with E-state index in [0.29, 0.717) is 50.5 Å². The van der Waals surface area contributed by atoms with E-state index in [2.05, 4.69) is 15.9 Å². The molecule has 0 radical (unpaired) electrons. The van der Waals surface area contributed by atoms with Crippen LogP contribution in [0.25, 0.3) is 6.08 Å². The topological polar surface area (TPSA) is 99.6 Å². The Labute approximate surface area is 261 Å². The maximum atomic E-state index is 13.0. The Balaban J connectivity index is 1.74. The molecule has 9 nitrogen and oxygen atoms in total. The fraction of sp³-hybridized carbons (Fsp3) is 0.606. The summed E-state index contributed by atoms with van der Waals surface area (Å²) in [5.41, 5.74) is 2.86. The Kier molecular flexibility index (Phi) is 14.2. The molecule has 2 aliphatic heterocycles. The van der Waals surface area contributed by atoms with Crippen molar-refractivity contribution < 1.29 is 29.0 Å². The zero-order chi connectivity index (χ0) is 31.4. The van der Waals surface area contributed by atoms with Crippen molar-refractivity contribution in [3.05, 3.63) is 46.5 Å². The molecular weight excluding hydrogens is 570 g/mol. The molecule has 1 N–H and O–H groups in total. The number of benzene rings is 1. The second kappa shape index (κ2) is 17.5. The molecule has 0 spiro atoms. The van der Waals surface area contributed by atoms with Crippen LogP contribution in [0.15, 0.2) is 35.9 Å². The second-order valence-electron chi connectivity index (χ2n) is 11.9. The van der Waals surface area contributed by atoms with Gasteiger partial charge in [0.25, 0.3) is 0 Å². The van der Waals surface area contributed by atoms with Crippen molar-refractivity contribution in [2.24, 2.45) is 17.8 Å². The number of carbonyl (C=O) groups excluding carboxylic acids is 3. The first-order valence-corrected chi connectivity index (χ1v) is 15.7. The molecular formula is C33H48ClN3O6. The van der Waals surface area contributed by atoms with Crippen LogP contribution in [0.3, 0.4) is 0 Å². The summed E-state index contributed by atoms with van der Waals surface area (Å²) in [7, 11) is 2.03. The molecule has 238 valence electrons. The molecule has 10 heteroatoms. The molecule has 0 aliphatic carbocycles. The quantitative estimate of drug-likeness (QED) is 0.237. The zero-order valence-electron chi connectivity index (χ0n) is 26.0. The first-order chi connectivity index (χ1) is 20.6. The van der Waals surface area contributed by atoms with Crippen molar-refractivity contribution in [2.45, 2.75) is 52.2 Å². The van der Waals surface area contributed by atoms with Crippen molar-refractivity contribution in [3.8, 4) is 0 Å². The Morgan fingerprint density at radius 3 is 2.40 bits per heavy atom. The third-order valence-electron chi connectivity index (χ3n) is 8.40. The third-order valence-corrected chi connectivity index (χ3v) is 8.62. The van der Waals surface area contributed by atoms with Gasteiger partial charge in [0, 0.05) is 62.3 Å². The van der Waals surface area contributed by atoms with Gasteiger partial charge in [-0.2, -0.15) is 0 Å². The van der Waals surface area contributed by atoms with Crippen LogP contribution < -0.4 is 4.90 Å². The van der Waals surface area contributed by atoms with Crippen LogP contribution in [0.5, 0.6) is 0 Å². The molecule has 0 saturated carbocycles. The minimum atomic E-state index is -0.723. The lowest BCUT2D eigenvalue weighted by atomic mass is 9.86. The largest absolute Gasteiger partial charge is 0.442 e. The number of carbonyl (C=O) groups is 3. The number of anilines is 1. The van der Waals surface area contributed by atoms with E-state index in [1.54, 1.807) is 4.90 Å². The van der Waals surface area contributed by atoms with Gasteiger partial charge in [-0.05, 0) is 68.5 Å². The van der Waals surface area contributed by atoms with Gasteiger partial charge in [0.1, 0.15) is 18.7 Å². The van der Waals surface area contributed by atoms with Crippen LogP contribution in [-0.2, 0) is 19.1 Å². The number of likely N-dealkylation sites (N-methyl/N-ethyl adjacent to an activating group) is 1. The number of halogens is 1. The second-order valence-corrected chi connectivity index (χ2v) is 12.3. The first-order valence-electron chi connectivity index (χ1n) is 15.3. The predicted octanol–water partition coefficient (Wildman–Crippen LogP) is 4.71. The summed E-state index contributed by atoms with van der Waals surface area (Å²) in [4.78, 5) is 42.3. The summed E-state index contributed by atoms with van der Waals surface area (Å²) in [6, 6.07) is 5.92. The number of rotatable bonds is 14. The Morgan fingerprint density at radius 2 is 1.74 bits per heavy atom. The molecule has 2 saturated heterocycles. The number of piperazine rings is 1. The highest BCUT2D eigenvalue weighted by Crippen LogP contribution is 2.28. The molecule has 1 aromatic rings. The van der Waals surface area contributed by atoms with Crippen molar-refractivity contribution in [3.63, 3.8) is 0 Å². The Hall–Kier alpha value is -2.72. The van der Waals surface area contributed by atoms with Crippen LogP contribution >= 0.6 is 11.6 Å². The van der Waals surface area contributed by atoms with Crippen LogP contribution in [0.4, 0.5) is 10.5 Å². The van der Waals surface area contributed by atoms with E-state index in [0.717, 1.165) is 49.3 Å². The van der Waals surface area contributed by atoms with Crippen molar-refractivity contribution >= 4 is 42.0 Å². The maximum absolute atomic E-state index is 13.0. The molecule has 2 fully saturated rings. The molecule has 0 unspecified atom stereocenters. The maximum Gasteiger partial charge on any atom is 0.410 e. The van der Waals surface area contributed by atoms with E-state index in [-0.39, 0.29) is 30.3 Å². The fourth-order valence-corrected chi connectivity index (χ4v) is 5.70. The van der Waals surface area contributed by atoms with Gasteiger partial charge in [0.15, 0.2) is 0 Å². The molecule has 5 atom stereocenters. The fourth-order valence-electron chi connectivity index (χ4n) is 5.47. The average Bonchev–Trinajstić information content (AvgIpc) is 2.99. The van der Waals surface area contributed by atoms with Crippen LogP contribution in [0, 0.1) is 17.8 Å². The van der Waals surface area contributed by atoms with Crippen molar-refractivity contribution in [1.82, 2.24) is 9.80 Å². The SMILES string of the molecule is C/C(=C\c1cc(Cl)cc(N2CCOCC2)c1)[C@@H](C=O)[C@@H](C)/C=C/[C@H](OC(=O)N1CCN(C)CC1)[C@@H](C)CC[C@@H](O)CC=O. The number of ether oxygens (including phenoxy) is 2. The summed E-state index contributed by atoms with van der Waals surface area (Å²) in [5, 5.41) is 10.7. The first kappa shape index (κ1) is 34.8. The standard InChI is InChI=1S/C33H48ClN3O6/c1-24(31(23-39)26(3)19-27-20-28(34)22-29(21-27)36-14-17-42-18-15-36)6-8-32(25(2)5-7-30(40)9-16-38)43-33(41)37-12-10-35(4)11-13-37/h6,8,16,19-25,30-32,40H,5,7,9-15,17-18H2,1-4H3/b8-6+,26-19+/t24-,25-,30+,31-,32-/m0/s1. The van der Waals surface area contributed by atoms with E-state index in [1.165, 1.54) is 0 Å². The summed E-state index contributed by atoms with van der Waals surface area (Å²) in [6.07, 6.45) is 6.93. The van der Waals surface area contributed by atoms with E-state index >= 15 is 0 Å². The van der Waals surface area contributed by atoms with Crippen molar-refractivity contribution in [2.75, 3.05) is 64.4 Å². The molecule has 3 rings (SSSR count). The van der Waals surface area contributed by atoms with Crippen LogP contribution in [0.1, 0.15) is 45.6 Å². The lowest BCUT2D eigenvalue weighted by Gasteiger charge is -2.33. The van der Waals surface area contributed by atoms with Gasteiger partial charge >= 0.3 is 6.09 Å². The normalized spacial score (nSPS) is 20.4. The van der Waals surface area contributed by atoms with Gasteiger partial charge in [0.2, 0.25) is 0 Å². The van der Waals surface area contributed by atoms with Gasteiger partial charge in [-0.25, -0.2) is 4.79 Å². The highest BCUT2D eigenvalue weighted by atomic mass is 35.5. The number of aliphatic hydroxyl groups excluding tert-OH is 1. The van der Waals surface area contributed by atoms with Gasteiger partial charge in [-0.3, -0.25) is 0 Å². The smallest absolute Gasteiger partial charge is 0.410 e. The van der Waals surface area contributed by atoms with Crippen LogP contribution in [0.2, 0.25) is 5.02 Å². The monoisotopic (exact) mass is 617 g/mol. The van der Waals surface area contributed by atoms with E-state index in [4.69, 9.17) is 21.1 Å². The molecule has 1 amide bonds. The molecule has 1 aromatic carbocycles. The number of amides is 1. The van der Waals surface area contributed by atoms with E-state index < -0.39 is 12.2 Å². The number of allylic oxidation sites excluding steroid dienone is 2. The molecule has 43 heavy (non-hydrogen) atoms. The molecule has 2 aliphatic rings. The summed E-state index contributed by atoms with van der Waals surface area (Å²) in [6.45, 7) is 11.6. The number of hydrogen-bond donors (Lipinski definition) is 1. The molecule has 0 bridgehead atoms. The minimum Gasteiger partial charge on any atom is -0.442 e.